The van der Waals surface area contributed by atoms with Gasteiger partial charge >= 0.3 is 0 Å². The molecular formula is C24H28N4O2. The second kappa shape index (κ2) is 9.67. The Kier molecular flexibility index (Phi) is 6.54. The lowest BCUT2D eigenvalue weighted by Crippen LogP contribution is -2.33. The monoisotopic (exact) mass is 404 g/mol. The molecule has 1 aliphatic rings. The fraction of sp³-hybridized carbons (Fsp3) is 0.375. The Balaban J connectivity index is 1.35. The Morgan fingerprint density at radius 3 is 2.57 bits per heavy atom. The largest absolute Gasteiger partial charge is 0.350 e. The standard InChI is InChI=1S/C24H28N4O2/c29-23(18-28-24(30)22-11-4-3-10-21(22)16-26-28)25-15-19-8-7-9-20(14-19)17-27-12-5-1-2-6-13-27/h3-4,7-11,14,16H,1-2,5-6,12-13,15,17-18H2,(H,25,29). The van der Waals surface area contributed by atoms with Crippen molar-refractivity contribution in [1.82, 2.24) is 20.0 Å². The van der Waals surface area contributed by atoms with E-state index >= 15 is 0 Å². The van der Waals surface area contributed by atoms with E-state index < -0.39 is 0 Å². The first-order valence-electron chi connectivity index (χ1n) is 10.7. The predicted octanol–water partition coefficient (Wildman–Crippen LogP) is 3.09. The summed E-state index contributed by atoms with van der Waals surface area (Å²) in [6.07, 6.45) is 6.83. The Bertz CT molecular complexity index is 1070. The maximum Gasteiger partial charge on any atom is 0.275 e. The molecule has 0 radical (unpaired) electrons. The molecule has 2 aromatic carbocycles. The Labute approximate surface area is 176 Å². The number of likely N-dealkylation sites (tertiary alicyclic amines) is 1. The Morgan fingerprint density at radius 1 is 0.967 bits per heavy atom. The molecule has 4 rings (SSSR count). The average Bonchev–Trinajstić information content (AvgIpc) is 3.03. The number of aromatic nitrogens is 2. The quantitative estimate of drug-likeness (QED) is 0.686. The van der Waals surface area contributed by atoms with Crippen LogP contribution >= 0.6 is 0 Å². The molecule has 6 heteroatoms. The van der Waals surface area contributed by atoms with Crippen molar-refractivity contribution in [3.8, 4) is 0 Å². The normalized spacial score (nSPS) is 15.1. The van der Waals surface area contributed by atoms with Crippen LogP contribution in [-0.2, 0) is 24.4 Å². The van der Waals surface area contributed by atoms with Gasteiger partial charge in [-0.15, -0.1) is 0 Å². The van der Waals surface area contributed by atoms with E-state index in [9.17, 15) is 9.59 Å². The first kappa shape index (κ1) is 20.3. The highest BCUT2D eigenvalue weighted by atomic mass is 16.2. The van der Waals surface area contributed by atoms with E-state index in [0.717, 1.165) is 30.6 Å². The molecule has 0 aliphatic carbocycles. The lowest BCUT2D eigenvalue weighted by Gasteiger charge is -2.20. The summed E-state index contributed by atoms with van der Waals surface area (Å²) in [7, 11) is 0. The zero-order valence-corrected chi connectivity index (χ0v) is 17.2. The van der Waals surface area contributed by atoms with Crippen LogP contribution in [0.2, 0.25) is 0 Å². The molecule has 0 atom stereocenters. The van der Waals surface area contributed by atoms with Crippen LogP contribution in [-0.4, -0.2) is 33.7 Å². The van der Waals surface area contributed by atoms with Gasteiger partial charge in [0.05, 0.1) is 11.6 Å². The topological polar surface area (TPSA) is 67.2 Å². The van der Waals surface area contributed by atoms with Crippen LogP contribution in [0.25, 0.3) is 10.8 Å². The van der Waals surface area contributed by atoms with E-state index in [1.807, 2.05) is 30.3 Å². The molecule has 1 N–H and O–H groups in total. The number of carbonyl (C=O) groups excluding carboxylic acids is 1. The summed E-state index contributed by atoms with van der Waals surface area (Å²) in [5, 5.41) is 8.39. The van der Waals surface area contributed by atoms with Gasteiger partial charge in [0.25, 0.3) is 5.56 Å². The molecule has 6 nitrogen and oxygen atoms in total. The maximum atomic E-state index is 12.5. The van der Waals surface area contributed by atoms with Crippen molar-refractivity contribution in [2.45, 2.75) is 45.3 Å². The minimum Gasteiger partial charge on any atom is -0.350 e. The predicted molar refractivity (Wildman–Crippen MR) is 118 cm³/mol. The number of hydrogen-bond acceptors (Lipinski definition) is 4. The second-order valence-corrected chi connectivity index (χ2v) is 7.98. The average molecular weight is 405 g/mol. The van der Waals surface area contributed by atoms with Crippen molar-refractivity contribution in [2.24, 2.45) is 0 Å². The minimum absolute atomic E-state index is 0.0862. The summed E-state index contributed by atoms with van der Waals surface area (Å²) < 4.78 is 1.22. The number of carbonyl (C=O) groups is 1. The summed E-state index contributed by atoms with van der Waals surface area (Å²) >= 11 is 0. The van der Waals surface area contributed by atoms with Gasteiger partial charge in [-0.25, -0.2) is 4.68 Å². The number of amides is 1. The van der Waals surface area contributed by atoms with Crippen molar-refractivity contribution >= 4 is 16.7 Å². The van der Waals surface area contributed by atoms with Crippen LogP contribution in [0.15, 0.2) is 59.5 Å². The minimum atomic E-state index is -0.248. The molecule has 0 bridgehead atoms. The van der Waals surface area contributed by atoms with Gasteiger partial charge in [-0.1, -0.05) is 55.3 Å². The number of nitrogens with one attached hydrogen (secondary N) is 1. The molecular weight excluding hydrogens is 376 g/mol. The summed E-state index contributed by atoms with van der Waals surface area (Å²) in [5.41, 5.74) is 2.09. The van der Waals surface area contributed by atoms with Crippen molar-refractivity contribution in [3.05, 3.63) is 76.2 Å². The molecule has 1 saturated heterocycles. The molecule has 1 fully saturated rings. The third kappa shape index (κ3) is 5.13. The Morgan fingerprint density at radius 2 is 1.73 bits per heavy atom. The van der Waals surface area contributed by atoms with E-state index in [0.29, 0.717) is 11.9 Å². The van der Waals surface area contributed by atoms with Gasteiger partial charge in [-0.3, -0.25) is 14.5 Å². The van der Waals surface area contributed by atoms with Gasteiger partial charge in [0, 0.05) is 18.5 Å². The van der Waals surface area contributed by atoms with E-state index in [2.05, 4.69) is 27.4 Å². The van der Waals surface area contributed by atoms with Gasteiger partial charge in [0.1, 0.15) is 6.54 Å². The lowest BCUT2D eigenvalue weighted by atomic mass is 10.1. The van der Waals surface area contributed by atoms with Crippen LogP contribution in [0.4, 0.5) is 0 Å². The zero-order chi connectivity index (χ0) is 20.8. The molecule has 156 valence electrons. The molecule has 0 saturated carbocycles. The van der Waals surface area contributed by atoms with E-state index in [4.69, 9.17) is 0 Å². The van der Waals surface area contributed by atoms with Gasteiger partial charge in [-0.2, -0.15) is 5.10 Å². The lowest BCUT2D eigenvalue weighted by molar-refractivity contribution is -0.122. The summed E-state index contributed by atoms with van der Waals surface area (Å²) in [6.45, 7) is 3.63. The van der Waals surface area contributed by atoms with Crippen molar-refractivity contribution in [2.75, 3.05) is 13.1 Å². The van der Waals surface area contributed by atoms with Gasteiger partial charge in [0.2, 0.25) is 5.91 Å². The molecule has 30 heavy (non-hydrogen) atoms. The molecule has 1 aromatic heterocycles. The highest BCUT2D eigenvalue weighted by molar-refractivity contribution is 5.81. The summed E-state index contributed by atoms with van der Waals surface area (Å²) in [5.74, 6) is -0.224. The maximum absolute atomic E-state index is 12.5. The van der Waals surface area contributed by atoms with Crippen LogP contribution in [0.1, 0.15) is 36.8 Å². The fourth-order valence-corrected chi connectivity index (χ4v) is 4.02. The van der Waals surface area contributed by atoms with Crippen molar-refractivity contribution in [1.29, 1.82) is 0 Å². The number of rotatable bonds is 6. The molecule has 0 unspecified atom stereocenters. The molecule has 3 aromatic rings. The van der Waals surface area contributed by atoms with E-state index in [1.165, 1.54) is 35.9 Å². The third-order valence-corrected chi connectivity index (χ3v) is 5.64. The highest BCUT2D eigenvalue weighted by Crippen LogP contribution is 2.14. The number of fused-ring (bicyclic) bond motifs is 1. The van der Waals surface area contributed by atoms with Crippen molar-refractivity contribution < 1.29 is 4.79 Å². The summed E-state index contributed by atoms with van der Waals surface area (Å²) in [6, 6.07) is 15.6. The van der Waals surface area contributed by atoms with Crippen molar-refractivity contribution in [3.63, 3.8) is 0 Å². The van der Waals surface area contributed by atoms with Crippen LogP contribution < -0.4 is 10.9 Å². The summed E-state index contributed by atoms with van der Waals surface area (Å²) in [4.78, 5) is 27.4. The second-order valence-electron chi connectivity index (χ2n) is 7.98. The fourth-order valence-electron chi connectivity index (χ4n) is 4.02. The van der Waals surface area contributed by atoms with Gasteiger partial charge in [-0.05, 0) is 43.1 Å². The van der Waals surface area contributed by atoms with Crippen LogP contribution in [0.3, 0.4) is 0 Å². The molecule has 0 spiro atoms. The van der Waals surface area contributed by atoms with E-state index in [1.54, 1.807) is 12.3 Å². The molecule has 1 amide bonds. The Hall–Kier alpha value is -2.99. The SMILES string of the molecule is O=C(Cn1ncc2ccccc2c1=O)NCc1cccc(CN2CCCCCC2)c1. The third-order valence-electron chi connectivity index (χ3n) is 5.64. The molecule has 1 aliphatic heterocycles. The zero-order valence-electron chi connectivity index (χ0n) is 17.2. The first-order valence-corrected chi connectivity index (χ1v) is 10.7. The first-order chi connectivity index (χ1) is 14.7. The van der Waals surface area contributed by atoms with Crippen LogP contribution in [0, 0.1) is 0 Å². The number of benzene rings is 2. The number of hydrogen-bond donors (Lipinski definition) is 1. The molecule has 2 heterocycles. The van der Waals surface area contributed by atoms with E-state index in [-0.39, 0.29) is 18.0 Å². The van der Waals surface area contributed by atoms with Crippen LogP contribution in [0.5, 0.6) is 0 Å². The van der Waals surface area contributed by atoms with Gasteiger partial charge < -0.3 is 5.32 Å². The van der Waals surface area contributed by atoms with Gasteiger partial charge in [0.15, 0.2) is 0 Å². The number of nitrogens with zero attached hydrogens (tertiary/aromatic N) is 3. The highest BCUT2D eigenvalue weighted by Gasteiger charge is 2.11. The smallest absolute Gasteiger partial charge is 0.275 e.